The van der Waals surface area contributed by atoms with Crippen LogP contribution in [0.25, 0.3) is 0 Å². The molecule has 0 atom stereocenters. The third-order valence-corrected chi connectivity index (χ3v) is 3.51. The molecule has 0 saturated heterocycles. The van der Waals surface area contributed by atoms with E-state index in [-0.39, 0.29) is 6.04 Å². The van der Waals surface area contributed by atoms with Crippen molar-refractivity contribution in [3.8, 4) is 0 Å². The smallest absolute Gasteiger partial charge is 0.148 e. The van der Waals surface area contributed by atoms with Crippen LogP contribution in [0.2, 0.25) is 0 Å². The second kappa shape index (κ2) is 5.88. The average molecular weight is 284 g/mol. The Labute approximate surface area is 122 Å². The molecule has 0 radical (unpaired) electrons. The Morgan fingerprint density at radius 2 is 1.45 bits per heavy atom. The Morgan fingerprint density at radius 1 is 0.900 bits per heavy atom. The summed E-state index contributed by atoms with van der Waals surface area (Å²) in [4.78, 5) is 0. The molecule has 3 rings (SSSR count). The van der Waals surface area contributed by atoms with Gasteiger partial charge in [-0.2, -0.15) is 0 Å². The predicted molar refractivity (Wildman–Crippen MR) is 79.7 cm³/mol. The van der Waals surface area contributed by atoms with Gasteiger partial charge in [0.25, 0.3) is 0 Å². The van der Waals surface area contributed by atoms with Crippen molar-refractivity contribution in [2.24, 2.45) is 0 Å². The highest BCUT2D eigenvalue weighted by atomic mass is 35.5. The van der Waals surface area contributed by atoms with Gasteiger partial charge in [0.2, 0.25) is 0 Å². The van der Waals surface area contributed by atoms with Gasteiger partial charge in [0, 0.05) is 0 Å². The minimum absolute atomic E-state index is 0.0427. The van der Waals surface area contributed by atoms with Crippen LogP contribution in [0.1, 0.15) is 23.0 Å². The van der Waals surface area contributed by atoms with Crippen LogP contribution in [0.4, 0.5) is 0 Å². The lowest BCUT2D eigenvalue weighted by Crippen LogP contribution is -2.14. The van der Waals surface area contributed by atoms with E-state index in [2.05, 4.69) is 34.5 Å². The van der Waals surface area contributed by atoms with Crippen LogP contribution in [0, 0.1) is 0 Å². The van der Waals surface area contributed by atoms with E-state index in [1.54, 1.807) is 6.33 Å². The highest BCUT2D eigenvalue weighted by Gasteiger charge is 2.18. The standard InChI is InChI=1S/C16H14ClN3/c17-11-15-19-18-12-20(15)16(13-7-3-1-4-8-13)14-9-5-2-6-10-14/h1-10,12,16H,11H2. The Morgan fingerprint density at radius 3 is 1.95 bits per heavy atom. The van der Waals surface area contributed by atoms with Gasteiger partial charge in [-0.3, -0.25) is 0 Å². The van der Waals surface area contributed by atoms with Gasteiger partial charge < -0.3 is 4.57 Å². The van der Waals surface area contributed by atoms with E-state index in [1.165, 1.54) is 11.1 Å². The van der Waals surface area contributed by atoms with Crippen LogP contribution in [-0.4, -0.2) is 14.8 Å². The second-order valence-electron chi connectivity index (χ2n) is 4.51. The summed E-state index contributed by atoms with van der Waals surface area (Å²) >= 11 is 5.97. The fourth-order valence-electron chi connectivity index (χ4n) is 2.36. The summed E-state index contributed by atoms with van der Waals surface area (Å²) in [7, 11) is 0. The monoisotopic (exact) mass is 283 g/mol. The Balaban J connectivity index is 2.14. The summed E-state index contributed by atoms with van der Waals surface area (Å²) in [6.07, 6.45) is 1.74. The molecule has 0 spiro atoms. The minimum atomic E-state index is 0.0427. The third-order valence-electron chi connectivity index (χ3n) is 3.28. The molecule has 0 bridgehead atoms. The summed E-state index contributed by atoms with van der Waals surface area (Å²) in [6, 6.07) is 20.6. The van der Waals surface area contributed by atoms with Crippen LogP contribution in [0.5, 0.6) is 0 Å². The zero-order valence-corrected chi connectivity index (χ0v) is 11.6. The highest BCUT2D eigenvalue weighted by molar-refractivity contribution is 6.16. The van der Waals surface area contributed by atoms with Gasteiger partial charge in [-0.25, -0.2) is 0 Å². The molecule has 1 aromatic heterocycles. The highest BCUT2D eigenvalue weighted by Crippen LogP contribution is 2.27. The zero-order valence-electron chi connectivity index (χ0n) is 10.9. The van der Waals surface area contributed by atoms with Gasteiger partial charge >= 0.3 is 0 Å². The quantitative estimate of drug-likeness (QED) is 0.684. The van der Waals surface area contributed by atoms with Gasteiger partial charge in [-0.05, 0) is 11.1 Å². The fraction of sp³-hybridized carbons (Fsp3) is 0.125. The van der Waals surface area contributed by atoms with Gasteiger partial charge in [0.05, 0.1) is 11.9 Å². The van der Waals surface area contributed by atoms with Crippen LogP contribution in [-0.2, 0) is 5.88 Å². The summed E-state index contributed by atoms with van der Waals surface area (Å²) in [5.74, 6) is 1.11. The molecular formula is C16H14ClN3. The molecule has 0 aliphatic carbocycles. The summed E-state index contributed by atoms with van der Waals surface area (Å²) in [6.45, 7) is 0. The number of hydrogen-bond acceptors (Lipinski definition) is 2. The van der Waals surface area contributed by atoms with Crippen molar-refractivity contribution in [3.63, 3.8) is 0 Å². The zero-order chi connectivity index (χ0) is 13.8. The molecule has 3 nitrogen and oxygen atoms in total. The first-order chi connectivity index (χ1) is 9.90. The molecule has 100 valence electrons. The van der Waals surface area contributed by atoms with Crippen molar-refractivity contribution >= 4 is 11.6 Å². The van der Waals surface area contributed by atoms with Crippen molar-refractivity contribution in [2.75, 3.05) is 0 Å². The lowest BCUT2D eigenvalue weighted by atomic mass is 9.98. The number of hydrogen-bond donors (Lipinski definition) is 0. The van der Waals surface area contributed by atoms with Crippen molar-refractivity contribution in [1.82, 2.24) is 14.8 Å². The largest absolute Gasteiger partial charge is 0.305 e. The minimum Gasteiger partial charge on any atom is -0.305 e. The van der Waals surface area contributed by atoms with Crippen molar-refractivity contribution in [2.45, 2.75) is 11.9 Å². The van der Waals surface area contributed by atoms with Crippen molar-refractivity contribution in [3.05, 3.63) is 83.9 Å². The number of halogens is 1. The lowest BCUT2D eigenvalue weighted by Gasteiger charge is -2.20. The van der Waals surface area contributed by atoms with Gasteiger partial charge in [-0.15, -0.1) is 21.8 Å². The van der Waals surface area contributed by atoms with Crippen LogP contribution >= 0.6 is 11.6 Å². The summed E-state index contributed by atoms with van der Waals surface area (Å²) in [5, 5.41) is 8.08. The molecule has 0 aliphatic heterocycles. The maximum absolute atomic E-state index is 5.97. The van der Waals surface area contributed by atoms with Crippen LogP contribution in [0.3, 0.4) is 0 Å². The molecule has 0 saturated carbocycles. The molecule has 0 aliphatic rings. The molecule has 20 heavy (non-hydrogen) atoms. The van der Waals surface area contributed by atoms with Gasteiger partial charge in [0.15, 0.2) is 0 Å². The molecule has 2 aromatic carbocycles. The number of benzene rings is 2. The first kappa shape index (κ1) is 12.9. The Hall–Kier alpha value is -2.13. The van der Waals surface area contributed by atoms with E-state index in [9.17, 15) is 0 Å². The summed E-state index contributed by atoms with van der Waals surface area (Å²) < 4.78 is 2.03. The molecule has 0 amide bonds. The van der Waals surface area contributed by atoms with Gasteiger partial charge in [-0.1, -0.05) is 60.7 Å². The van der Waals surface area contributed by atoms with E-state index >= 15 is 0 Å². The van der Waals surface area contributed by atoms with E-state index in [1.807, 2.05) is 41.0 Å². The first-order valence-corrected chi connectivity index (χ1v) is 6.98. The molecule has 0 N–H and O–H groups in total. The molecule has 3 aromatic rings. The lowest BCUT2D eigenvalue weighted by molar-refractivity contribution is 0.649. The van der Waals surface area contributed by atoms with Gasteiger partial charge in [0.1, 0.15) is 12.2 Å². The fourth-order valence-corrected chi connectivity index (χ4v) is 2.55. The summed E-state index contributed by atoms with van der Waals surface area (Å²) in [5.41, 5.74) is 2.37. The van der Waals surface area contributed by atoms with Crippen LogP contribution in [0.15, 0.2) is 67.0 Å². The topological polar surface area (TPSA) is 30.7 Å². The first-order valence-electron chi connectivity index (χ1n) is 6.44. The van der Waals surface area contributed by atoms with E-state index < -0.39 is 0 Å². The number of alkyl halides is 1. The average Bonchev–Trinajstić information content (AvgIpc) is 2.98. The molecule has 4 heteroatoms. The number of aromatic nitrogens is 3. The molecule has 0 unspecified atom stereocenters. The van der Waals surface area contributed by atoms with E-state index in [0.29, 0.717) is 5.88 Å². The Kier molecular flexibility index (Phi) is 3.79. The number of nitrogens with zero attached hydrogens (tertiary/aromatic N) is 3. The molecule has 0 fully saturated rings. The second-order valence-corrected chi connectivity index (χ2v) is 4.78. The number of rotatable bonds is 4. The third kappa shape index (κ3) is 2.45. The SMILES string of the molecule is ClCc1nncn1C(c1ccccc1)c1ccccc1. The van der Waals surface area contributed by atoms with E-state index in [0.717, 1.165) is 5.82 Å². The normalized spacial score (nSPS) is 10.9. The molecular weight excluding hydrogens is 270 g/mol. The maximum atomic E-state index is 5.97. The van der Waals surface area contributed by atoms with Crippen molar-refractivity contribution < 1.29 is 0 Å². The Bertz CT molecular complexity index is 625. The van der Waals surface area contributed by atoms with E-state index in [4.69, 9.17) is 11.6 Å². The van der Waals surface area contributed by atoms with Crippen LogP contribution < -0.4 is 0 Å². The molecule has 1 heterocycles. The maximum Gasteiger partial charge on any atom is 0.148 e. The van der Waals surface area contributed by atoms with Crippen molar-refractivity contribution in [1.29, 1.82) is 0 Å². The predicted octanol–water partition coefficient (Wildman–Crippen LogP) is 3.65.